The van der Waals surface area contributed by atoms with Crippen molar-refractivity contribution in [2.24, 2.45) is 5.92 Å². The van der Waals surface area contributed by atoms with Crippen molar-refractivity contribution in [1.29, 1.82) is 0 Å². The largest absolute Gasteiger partial charge is 0.441 e. The van der Waals surface area contributed by atoms with Gasteiger partial charge in [-0.25, -0.2) is 4.98 Å². The summed E-state index contributed by atoms with van der Waals surface area (Å²) in [4.78, 5) is 18.8. The number of rotatable bonds is 4. The molecule has 2 aromatic rings. The first-order valence-corrected chi connectivity index (χ1v) is 8.56. The Labute approximate surface area is 146 Å². The van der Waals surface area contributed by atoms with Gasteiger partial charge < -0.3 is 14.4 Å². The number of halogens is 1. The molecule has 0 aliphatic carbocycles. The number of piperidine rings is 1. The summed E-state index contributed by atoms with van der Waals surface area (Å²) in [7, 11) is 0. The van der Waals surface area contributed by atoms with Crippen LogP contribution in [0.1, 0.15) is 24.3 Å². The lowest BCUT2D eigenvalue weighted by Crippen LogP contribution is -2.41. The van der Waals surface area contributed by atoms with E-state index in [4.69, 9.17) is 16.0 Å². The number of aliphatic hydroxyl groups is 1. The van der Waals surface area contributed by atoms with E-state index in [-0.39, 0.29) is 24.9 Å². The maximum atomic E-state index is 12.5. The first-order valence-electron chi connectivity index (χ1n) is 8.18. The minimum absolute atomic E-state index is 0.0234. The summed E-state index contributed by atoms with van der Waals surface area (Å²) in [6, 6.07) is 7.34. The Bertz CT molecular complexity index is 729. The summed E-state index contributed by atoms with van der Waals surface area (Å²) in [6.07, 6.45) is 2.11. The maximum Gasteiger partial charge on any atom is 0.228 e. The molecule has 0 spiro atoms. The van der Waals surface area contributed by atoms with Crippen LogP contribution in [0.2, 0.25) is 5.02 Å². The first kappa shape index (κ1) is 17.0. The molecule has 3 rings (SSSR count). The molecule has 0 radical (unpaired) electrons. The molecule has 1 fully saturated rings. The number of oxazole rings is 1. The molecule has 6 heteroatoms. The lowest BCUT2D eigenvalue weighted by molar-refractivity contribution is -0.132. The maximum absolute atomic E-state index is 12.5. The summed E-state index contributed by atoms with van der Waals surface area (Å²) >= 11 is 6.18. The van der Waals surface area contributed by atoms with Gasteiger partial charge in [-0.3, -0.25) is 4.79 Å². The highest BCUT2D eigenvalue weighted by atomic mass is 35.5. The van der Waals surface area contributed by atoms with Crippen LogP contribution in [0, 0.1) is 12.8 Å². The van der Waals surface area contributed by atoms with Crippen LogP contribution >= 0.6 is 11.6 Å². The summed E-state index contributed by atoms with van der Waals surface area (Å²) < 4.78 is 5.71. The summed E-state index contributed by atoms with van der Waals surface area (Å²) in [5.41, 5.74) is 1.36. The number of aromatic nitrogens is 1. The van der Waals surface area contributed by atoms with E-state index in [9.17, 15) is 9.90 Å². The number of benzene rings is 1. The molecule has 1 N–H and O–H groups in total. The van der Waals surface area contributed by atoms with Crippen molar-refractivity contribution >= 4 is 17.5 Å². The fourth-order valence-electron chi connectivity index (χ4n) is 3.04. The molecule has 1 aliphatic rings. The number of carbonyl (C=O) groups excluding carboxylic acids is 1. The zero-order valence-corrected chi connectivity index (χ0v) is 14.4. The average molecular weight is 349 g/mol. The van der Waals surface area contributed by atoms with Crippen molar-refractivity contribution in [3.05, 3.63) is 40.7 Å². The van der Waals surface area contributed by atoms with Gasteiger partial charge in [0.2, 0.25) is 11.8 Å². The number of carbonyl (C=O) groups is 1. The Morgan fingerprint density at radius 3 is 3.00 bits per heavy atom. The van der Waals surface area contributed by atoms with Gasteiger partial charge in [-0.2, -0.15) is 0 Å². The van der Waals surface area contributed by atoms with E-state index >= 15 is 0 Å². The summed E-state index contributed by atoms with van der Waals surface area (Å²) in [6.45, 7) is 3.29. The minimum Gasteiger partial charge on any atom is -0.441 e. The van der Waals surface area contributed by atoms with E-state index in [2.05, 4.69) is 4.98 Å². The molecule has 1 atom stereocenters. The average Bonchev–Trinajstić information content (AvgIpc) is 2.95. The van der Waals surface area contributed by atoms with Crippen LogP contribution in [0.5, 0.6) is 0 Å². The van der Waals surface area contributed by atoms with Crippen molar-refractivity contribution in [1.82, 2.24) is 9.88 Å². The highest BCUT2D eigenvalue weighted by Crippen LogP contribution is 2.28. The molecule has 1 aromatic carbocycles. The fraction of sp³-hybridized carbons (Fsp3) is 0.444. The highest BCUT2D eigenvalue weighted by Gasteiger charge is 2.25. The molecular formula is C18H21ClN2O3. The molecule has 0 saturated carbocycles. The van der Waals surface area contributed by atoms with E-state index < -0.39 is 0 Å². The lowest BCUT2D eigenvalue weighted by atomic mass is 9.98. The van der Waals surface area contributed by atoms with Crippen LogP contribution in [0.15, 0.2) is 28.7 Å². The second-order valence-electron chi connectivity index (χ2n) is 6.21. The van der Waals surface area contributed by atoms with Gasteiger partial charge in [0.25, 0.3) is 0 Å². The van der Waals surface area contributed by atoms with Gasteiger partial charge in [-0.05, 0) is 37.8 Å². The molecule has 1 aromatic heterocycles. The van der Waals surface area contributed by atoms with Crippen LogP contribution < -0.4 is 0 Å². The van der Waals surface area contributed by atoms with E-state index in [0.29, 0.717) is 28.9 Å². The second-order valence-corrected chi connectivity index (χ2v) is 6.62. The lowest BCUT2D eigenvalue weighted by Gasteiger charge is -2.31. The molecule has 2 heterocycles. The Kier molecular flexibility index (Phi) is 5.21. The molecular weight excluding hydrogens is 328 g/mol. The highest BCUT2D eigenvalue weighted by molar-refractivity contribution is 6.33. The first-order chi connectivity index (χ1) is 11.6. The number of likely N-dealkylation sites (tertiary alicyclic amines) is 1. The Hall–Kier alpha value is -1.85. The Balaban J connectivity index is 1.74. The van der Waals surface area contributed by atoms with Gasteiger partial charge in [0, 0.05) is 19.7 Å². The third-order valence-corrected chi connectivity index (χ3v) is 4.78. The van der Waals surface area contributed by atoms with E-state index in [0.717, 1.165) is 24.9 Å². The SMILES string of the molecule is Cc1oc(-c2ccccc2Cl)nc1CC(=O)N1CCCC(CO)C1. The predicted octanol–water partition coefficient (Wildman–Crippen LogP) is 3.08. The van der Waals surface area contributed by atoms with E-state index in [1.807, 2.05) is 30.0 Å². The number of amides is 1. The number of aryl methyl sites for hydroxylation is 1. The number of hydrogen-bond acceptors (Lipinski definition) is 4. The quantitative estimate of drug-likeness (QED) is 0.922. The van der Waals surface area contributed by atoms with Crippen molar-refractivity contribution in [2.45, 2.75) is 26.2 Å². The molecule has 1 saturated heterocycles. The predicted molar refractivity (Wildman–Crippen MR) is 91.8 cm³/mol. The van der Waals surface area contributed by atoms with Gasteiger partial charge in [0.1, 0.15) is 5.76 Å². The van der Waals surface area contributed by atoms with Gasteiger partial charge in [-0.15, -0.1) is 0 Å². The third kappa shape index (κ3) is 3.62. The zero-order valence-electron chi connectivity index (χ0n) is 13.7. The van der Waals surface area contributed by atoms with Gasteiger partial charge >= 0.3 is 0 Å². The normalized spacial score (nSPS) is 18.0. The summed E-state index contributed by atoms with van der Waals surface area (Å²) in [5, 5.41) is 9.87. The molecule has 0 bridgehead atoms. The molecule has 24 heavy (non-hydrogen) atoms. The number of hydrogen-bond donors (Lipinski definition) is 1. The molecule has 1 unspecified atom stereocenters. The van der Waals surface area contributed by atoms with Crippen molar-refractivity contribution < 1.29 is 14.3 Å². The van der Waals surface area contributed by atoms with Crippen LogP contribution in [-0.2, 0) is 11.2 Å². The van der Waals surface area contributed by atoms with Crippen LogP contribution in [0.25, 0.3) is 11.5 Å². The fourth-order valence-corrected chi connectivity index (χ4v) is 3.25. The van der Waals surface area contributed by atoms with Crippen LogP contribution in [0.4, 0.5) is 0 Å². The van der Waals surface area contributed by atoms with E-state index in [1.54, 1.807) is 6.07 Å². The Morgan fingerprint density at radius 2 is 2.25 bits per heavy atom. The van der Waals surface area contributed by atoms with E-state index in [1.165, 1.54) is 0 Å². The van der Waals surface area contributed by atoms with Gasteiger partial charge in [0.15, 0.2) is 0 Å². The smallest absolute Gasteiger partial charge is 0.228 e. The molecule has 5 nitrogen and oxygen atoms in total. The van der Waals surface area contributed by atoms with Crippen molar-refractivity contribution in [2.75, 3.05) is 19.7 Å². The Morgan fingerprint density at radius 1 is 1.46 bits per heavy atom. The second kappa shape index (κ2) is 7.36. The van der Waals surface area contributed by atoms with Crippen molar-refractivity contribution in [3.8, 4) is 11.5 Å². The zero-order chi connectivity index (χ0) is 17.1. The van der Waals surface area contributed by atoms with Crippen LogP contribution in [-0.4, -0.2) is 40.6 Å². The molecule has 1 amide bonds. The third-order valence-electron chi connectivity index (χ3n) is 4.45. The van der Waals surface area contributed by atoms with Crippen molar-refractivity contribution in [3.63, 3.8) is 0 Å². The topological polar surface area (TPSA) is 66.6 Å². The number of aliphatic hydroxyl groups excluding tert-OH is 1. The van der Waals surface area contributed by atoms with Gasteiger partial charge in [-0.1, -0.05) is 23.7 Å². The minimum atomic E-state index is 0.0234. The van der Waals surface area contributed by atoms with Gasteiger partial charge in [0.05, 0.1) is 22.7 Å². The standard InChI is InChI=1S/C18H21ClN2O3/c1-12-16(9-17(23)21-8-4-5-13(10-21)11-22)20-18(24-12)14-6-2-3-7-15(14)19/h2-3,6-7,13,22H,4-5,8-11H2,1H3. The summed E-state index contributed by atoms with van der Waals surface area (Å²) in [5.74, 6) is 1.27. The molecule has 1 aliphatic heterocycles. The number of nitrogens with zero attached hydrogens (tertiary/aromatic N) is 2. The monoisotopic (exact) mass is 348 g/mol. The molecule has 128 valence electrons. The van der Waals surface area contributed by atoms with Crippen LogP contribution in [0.3, 0.4) is 0 Å².